The number of thiazole rings is 1. The highest BCUT2D eigenvalue weighted by atomic mass is 79.9. The minimum absolute atomic E-state index is 0.176. The third-order valence-corrected chi connectivity index (χ3v) is 5.73. The monoisotopic (exact) mass is 433 g/mol. The van der Waals surface area contributed by atoms with Gasteiger partial charge in [0.1, 0.15) is 6.10 Å². The molecule has 26 heavy (non-hydrogen) atoms. The third kappa shape index (κ3) is 3.96. The highest BCUT2D eigenvalue weighted by molar-refractivity contribution is 9.10. The largest absolute Gasteiger partial charge is 0.467 e. The van der Waals surface area contributed by atoms with Gasteiger partial charge < -0.3 is 9.64 Å². The van der Waals surface area contributed by atoms with E-state index in [1.165, 1.54) is 5.56 Å². The molecule has 0 aromatic carbocycles. The molecule has 0 radical (unpaired) electrons. The Morgan fingerprint density at radius 2 is 1.96 bits per heavy atom. The Hall–Kier alpha value is -1.80. The van der Waals surface area contributed by atoms with Crippen molar-refractivity contribution < 1.29 is 4.74 Å². The zero-order valence-corrected chi connectivity index (χ0v) is 17.0. The second-order valence-electron chi connectivity index (χ2n) is 6.40. The van der Waals surface area contributed by atoms with Crippen molar-refractivity contribution in [2.75, 3.05) is 18.0 Å². The molecule has 1 aliphatic heterocycles. The summed E-state index contributed by atoms with van der Waals surface area (Å²) in [5.74, 6) is 0.817. The number of pyridine rings is 1. The van der Waals surface area contributed by atoms with E-state index in [4.69, 9.17) is 4.74 Å². The molecular weight excluding hydrogens is 414 g/mol. The van der Waals surface area contributed by atoms with Gasteiger partial charge in [0, 0.05) is 49.0 Å². The average Bonchev–Trinajstić information content (AvgIpc) is 3.05. The van der Waals surface area contributed by atoms with Crippen LogP contribution in [0.1, 0.15) is 31.7 Å². The van der Waals surface area contributed by atoms with Crippen LogP contribution in [0.3, 0.4) is 0 Å². The summed E-state index contributed by atoms with van der Waals surface area (Å²) >= 11 is 4.98. The second-order valence-corrected chi connectivity index (χ2v) is 8.31. The topological polar surface area (TPSA) is 64.0 Å². The maximum atomic E-state index is 6.10. The Morgan fingerprint density at radius 3 is 2.69 bits per heavy atom. The summed E-state index contributed by atoms with van der Waals surface area (Å²) < 4.78 is 8.09. The van der Waals surface area contributed by atoms with E-state index in [1.807, 2.05) is 18.5 Å². The number of ether oxygens (including phenoxy) is 1. The molecular formula is C18H20BrN5OS. The first-order chi connectivity index (χ1) is 12.7. The number of hydrogen-bond donors (Lipinski definition) is 0. The molecule has 0 spiro atoms. The van der Waals surface area contributed by atoms with Crippen LogP contribution in [-0.2, 0) is 6.42 Å². The van der Waals surface area contributed by atoms with Crippen LogP contribution in [0.2, 0.25) is 0 Å². The van der Waals surface area contributed by atoms with E-state index in [2.05, 4.69) is 47.7 Å². The van der Waals surface area contributed by atoms with Crippen molar-refractivity contribution in [2.24, 2.45) is 0 Å². The standard InChI is InChI=1S/C18H20BrN5OS/c1-2-3-12-9-21-17(22-10-12)24-6-4-14(5-7-24)25-18-23-16-15(26-18)8-13(19)11-20-16/h8-11,14H,2-7H2,1H3. The van der Waals surface area contributed by atoms with Gasteiger partial charge in [0.05, 0.1) is 4.70 Å². The van der Waals surface area contributed by atoms with E-state index in [0.717, 1.165) is 59.5 Å². The summed E-state index contributed by atoms with van der Waals surface area (Å²) in [5, 5.41) is 0.698. The van der Waals surface area contributed by atoms with Gasteiger partial charge in [-0.1, -0.05) is 24.7 Å². The number of anilines is 1. The molecule has 0 amide bonds. The van der Waals surface area contributed by atoms with Crippen molar-refractivity contribution in [3.05, 3.63) is 34.7 Å². The van der Waals surface area contributed by atoms with E-state index in [-0.39, 0.29) is 6.10 Å². The number of fused-ring (bicyclic) bond motifs is 1. The van der Waals surface area contributed by atoms with Crippen LogP contribution in [0.4, 0.5) is 5.95 Å². The third-order valence-electron chi connectivity index (χ3n) is 4.42. The van der Waals surface area contributed by atoms with Crippen molar-refractivity contribution in [3.8, 4) is 5.19 Å². The number of hydrogen-bond acceptors (Lipinski definition) is 7. The molecule has 0 saturated carbocycles. The van der Waals surface area contributed by atoms with Gasteiger partial charge in [-0.25, -0.2) is 15.0 Å². The normalized spacial score (nSPS) is 15.5. The Morgan fingerprint density at radius 1 is 1.19 bits per heavy atom. The Bertz CT molecular complexity index is 877. The fraction of sp³-hybridized carbons (Fsp3) is 0.444. The van der Waals surface area contributed by atoms with Crippen molar-refractivity contribution in [3.63, 3.8) is 0 Å². The molecule has 0 N–H and O–H groups in total. The van der Waals surface area contributed by atoms with E-state index < -0.39 is 0 Å². The van der Waals surface area contributed by atoms with Gasteiger partial charge >= 0.3 is 0 Å². The molecule has 0 aliphatic carbocycles. The van der Waals surface area contributed by atoms with Gasteiger partial charge in [-0.05, 0) is 34.0 Å². The van der Waals surface area contributed by atoms with Crippen LogP contribution in [0, 0.1) is 0 Å². The molecule has 1 fully saturated rings. The second kappa shape index (κ2) is 7.84. The van der Waals surface area contributed by atoms with Crippen molar-refractivity contribution >= 4 is 43.6 Å². The lowest BCUT2D eigenvalue weighted by atomic mass is 10.1. The quantitative estimate of drug-likeness (QED) is 0.599. The summed E-state index contributed by atoms with van der Waals surface area (Å²) in [7, 11) is 0. The van der Waals surface area contributed by atoms with E-state index in [9.17, 15) is 0 Å². The zero-order chi connectivity index (χ0) is 17.9. The van der Waals surface area contributed by atoms with E-state index in [1.54, 1.807) is 17.5 Å². The number of nitrogens with zero attached hydrogens (tertiary/aromatic N) is 5. The van der Waals surface area contributed by atoms with Crippen LogP contribution >= 0.6 is 27.3 Å². The number of rotatable bonds is 5. The van der Waals surface area contributed by atoms with Crippen molar-refractivity contribution in [1.82, 2.24) is 19.9 Å². The molecule has 4 rings (SSSR count). The number of halogens is 1. The zero-order valence-electron chi connectivity index (χ0n) is 14.6. The molecule has 3 aromatic rings. The SMILES string of the molecule is CCCc1cnc(N2CCC(Oc3nc4ncc(Br)cc4s3)CC2)nc1. The summed E-state index contributed by atoms with van der Waals surface area (Å²) in [5.41, 5.74) is 1.94. The Balaban J connectivity index is 1.35. The maximum Gasteiger partial charge on any atom is 0.276 e. The maximum absolute atomic E-state index is 6.10. The first kappa shape index (κ1) is 17.6. The van der Waals surface area contributed by atoms with Crippen LogP contribution in [0.15, 0.2) is 29.1 Å². The van der Waals surface area contributed by atoms with Crippen molar-refractivity contribution in [2.45, 2.75) is 38.7 Å². The van der Waals surface area contributed by atoms with Gasteiger partial charge in [0.2, 0.25) is 5.95 Å². The molecule has 8 heteroatoms. The lowest BCUT2D eigenvalue weighted by Crippen LogP contribution is -2.39. The summed E-state index contributed by atoms with van der Waals surface area (Å²) in [6.07, 6.45) is 9.85. The van der Waals surface area contributed by atoms with Crippen molar-refractivity contribution in [1.29, 1.82) is 0 Å². The molecule has 1 aliphatic rings. The highest BCUT2D eigenvalue weighted by Crippen LogP contribution is 2.30. The smallest absolute Gasteiger partial charge is 0.276 e. The minimum atomic E-state index is 0.176. The van der Waals surface area contributed by atoms with Gasteiger partial charge in [-0.3, -0.25) is 0 Å². The molecule has 0 bridgehead atoms. The summed E-state index contributed by atoms with van der Waals surface area (Å²) in [6.45, 7) is 3.96. The van der Waals surface area contributed by atoms with E-state index >= 15 is 0 Å². The number of aromatic nitrogens is 4. The van der Waals surface area contributed by atoms with Crippen LogP contribution < -0.4 is 9.64 Å². The molecule has 6 nitrogen and oxygen atoms in total. The highest BCUT2D eigenvalue weighted by Gasteiger charge is 2.23. The van der Waals surface area contributed by atoms with E-state index in [0.29, 0.717) is 5.19 Å². The lowest BCUT2D eigenvalue weighted by Gasteiger charge is -2.31. The first-order valence-electron chi connectivity index (χ1n) is 8.86. The lowest BCUT2D eigenvalue weighted by molar-refractivity contribution is 0.170. The number of aryl methyl sites for hydroxylation is 1. The molecule has 4 heterocycles. The van der Waals surface area contributed by atoms with Crippen LogP contribution in [-0.4, -0.2) is 39.1 Å². The first-order valence-corrected chi connectivity index (χ1v) is 10.5. The van der Waals surface area contributed by atoms with Gasteiger partial charge in [-0.2, -0.15) is 4.98 Å². The minimum Gasteiger partial charge on any atom is -0.467 e. The predicted molar refractivity (Wildman–Crippen MR) is 107 cm³/mol. The Kier molecular flexibility index (Phi) is 5.31. The predicted octanol–water partition coefficient (Wildman–Crippen LogP) is 4.24. The number of piperidine rings is 1. The molecule has 0 unspecified atom stereocenters. The van der Waals surface area contributed by atoms with Crippen LogP contribution in [0.25, 0.3) is 10.3 Å². The van der Waals surface area contributed by atoms with Gasteiger partial charge in [0.25, 0.3) is 5.19 Å². The molecule has 136 valence electrons. The Labute approximate surface area is 164 Å². The molecule has 3 aromatic heterocycles. The average molecular weight is 434 g/mol. The molecule has 1 saturated heterocycles. The summed E-state index contributed by atoms with van der Waals surface area (Å²) in [6, 6.07) is 2.02. The van der Waals surface area contributed by atoms with Gasteiger partial charge in [0.15, 0.2) is 5.65 Å². The van der Waals surface area contributed by atoms with Gasteiger partial charge in [-0.15, -0.1) is 0 Å². The fourth-order valence-electron chi connectivity index (χ4n) is 3.07. The van der Waals surface area contributed by atoms with Crippen LogP contribution in [0.5, 0.6) is 5.19 Å². The fourth-order valence-corrected chi connectivity index (χ4v) is 4.43. The summed E-state index contributed by atoms with van der Waals surface area (Å²) in [4.78, 5) is 20.1. The molecule has 0 atom stereocenters.